The molecule has 0 unspecified atom stereocenters. The Hall–Kier alpha value is -7.64. The highest BCUT2D eigenvalue weighted by Gasteiger charge is 2.19. The van der Waals surface area contributed by atoms with Crippen molar-refractivity contribution in [3.8, 4) is 79.5 Å². The molecule has 0 fully saturated rings. The largest absolute Gasteiger partial charge is 0.455 e. The van der Waals surface area contributed by atoms with Crippen molar-refractivity contribution in [1.82, 2.24) is 29.9 Å². The van der Waals surface area contributed by atoms with Gasteiger partial charge in [-0.25, -0.2) is 29.9 Å². The van der Waals surface area contributed by atoms with Gasteiger partial charge in [-0.15, -0.1) is 0 Å². The lowest BCUT2D eigenvalue weighted by atomic mass is 9.97. The number of furan rings is 1. The van der Waals surface area contributed by atoms with Gasteiger partial charge in [-0.3, -0.25) is 0 Å². The van der Waals surface area contributed by atoms with Gasteiger partial charge >= 0.3 is 0 Å². The summed E-state index contributed by atoms with van der Waals surface area (Å²) in [6.45, 7) is 0. The van der Waals surface area contributed by atoms with E-state index in [0.29, 0.717) is 34.9 Å². The molecule has 0 aliphatic rings. The molecular formula is C48H30N6O. The monoisotopic (exact) mass is 706 g/mol. The van der Waals surface area contributed by atoms with E-state index in [2.05, 4.69) is 42.5 Å². The summed E-state index contributed by atoms with van der Waals surface area (Å²) in [5, 5.41) is 2.10. The van der Waals surface area contributed by atoms with Crippen LogP contribution >= 0.6 is 0 Å². The minimum absolute atomic E-state index is 0.521. The first-order valence-corrected chi connectivity index (χ1v) is 18.0. The Bertz CT molecular complexity index is 2710. The number of rotatable bonds is 7. The molecule has 0 saturated carbocycles. The van der Waals surface area contributed by atoms with Gasteiger partial charge in [0.25, 0.3) is 0 Å². The lowest BCUT2D eigenvalue weighted by Crippen LogP contribution is -2.02. The Morgan fingerprint density at radius 2 is 0.618 bits per heavy atom. The van der Waals surface area contributed by atoms with Crippen LogP contribution in [0.15, 0.2) is 186 Å². The molecule has 0 bridgehead atoms. The molecule has 258 valence electrons. The van der Waals surface area contributed by atoms with Gasteiger partial charge in [0, 0.05) is 49.7 Å². The molecule has 7 heteroatoms. The number of fused-ring (bicyclic) bond motifs is 3. The van der Waals surface area contributed by atoms with E-state index in [0.717, 1.165) is 66.4 Å². The van der Waals surface area contributed by atoms with Crippen LogP contribution in [0.4, 0.5) is 0 Å². The molecule has 55 heavy (non-hydrogen) atoms. The second-order valence-corrected chi connectivity index (χ2v) is 13.2. The smallest absolute Gasteiger partial charge is 0.164 e. The topological polar surface area (TPSA) is 90.5 Å². The van der Waals surface area contributed by atoms with Gasteiger partial charge in [0.1, 0.15) is 11.2 Å². The number of hydrogen-bond donors (Lipinski definition) is 0. The van der Waals surface area contributed by atoms with Crippen LogP contribution in [0.1, 0.15) is 0 Å². The first-order valence-electron chi connectivity index (χ1n) is 18.0. The molecule has 7 aromatic carbocycles. The highest BCUT2D eigenvalue weighted by Crippen LogP contribution is 2.39. The van der Waals surface area contributed by atoms with Crippen LogP contribution in [-0.4, -0.2) is 29.9 Å². The molecule has 0 amide bonds. The van der Waals surface area contributed by atoms with Crippen LogP contribution in [0, 0.1) is 0 Å². The molecule has 0 aliphatic heterocycles. The van der Waals surface area contributed by atoms with Crippen LogP contribution in [-0.2, 0) is 0 Å². The lowest BCUT2D eigenvalue weighted by Gasteiger charge is -2.13. The lowest BCUT2D eigenvalue weighted by molar-refractivity contribution is 0.670. The minimum atomic E-state index is 0.521. The molecule has 0 aliphatic carbocycles. The molecule has 0 saturated heterocycles. The van der Waals surface area contributed by atoms with Gasteiger partial charge in [-0.2, -0.15) is 0 Å². The van der Waals surface area contributed by atoms with E-state index in [1.807, 2.05) is 140 Å². The first kappa shape index (κ1) is 32.0. The Kier molecular flexibility index (Phi) is 8.00. The summed E-state index contributed by atoms with van der Waals surface area (Å²) in [5.41, 5.74) is 8.59. The molecule has 0 radical (unpaired) electrons. The summed E-state index contributed by atoms with van der Waals surface area (Å²) in [6, 6.07) is 60.6. The Morgan fingerprint density at radius 3 is 1.05 bits per heavy atom. The van der Waals surface area contributed by atoms with Crippen LogP contribution in [0.3, 0.4) is 0 Å². The summed E-state index contributed by atoms with van der Waals surface area (Å²) in [7, 11) is 0. The van der Waals surface area contributed by atoms with Crippen molar-refractivity contribution < 1.29 is 4.42 Å². The Labute approximate surface area is 316 Å². The van der Waals surface area contributed by atoms with Gasteiger partial charge in [-0.1, -0.05) is 158 Å². The summed E-state index contributed by atoms with van der Waals surface area (Å²) in [6.07, 6.45) is 0. The van der Waals surface area contributed by atoms with E-state index < -0.39 is 0 Å². The van der Waals surface area contributed by atoms with Gasteiger partial charge in [0.15, 0.2) is 34.9 Å². The zero-order valence-corrected chi connectivity index (χ0v) is 29.4. The predicted molar refractivity (Wildman–Crippen MR) is 219 cm³/mol. The van der Waals surface area contributed by atoms with E-state index in [-0.39, 0.29) is 0 Å². The maximum Gasteiger partial charge on any atom is 0.164 e. The van der Waals surface area contributed by atoms with Gasteiger partial charge in [0.2, 0.25) is 0 Å². The standard InChI is InChI=1S/C48H30N6O/c1-5-16-31(17-6-1)43-49-44(32-18-7-2-8-19-32)52-47(51-43)36-28-35(38-25-15-26-40-39-24-13-14-27-41(39)55-42(38)40)29-37(30-36)48-53-45(33-20-9-3-10-21-33)50-46(54-48)34-22-11-4-12-23-34/h1-30H. The van der Waals surface area contributed by atoms with Crippen molar-refractivity contribution in [3.05, 3.63) is 182 Å². The normalized spacial score (nSPS) is 11.3. The second-order valence-electron chi connectivity index (χ2n) is 13.2. The molecule has 3 heterocycles. The molecule has 0 N–H and O–H groups in total. The van der Waals surface area contributed by atoms with Crippen molar-refractivity contribution in [2.75, 3.05) is 0 Å². The van der Waals surface area contributed by atoms with Gasteiger partial charge in [-0.05, 0) is 29.8 Å². The van der Waals surface area contributed by atoms with Gasteiger partial charge in [0.05, 0.1) is 0 Å². The number of aromatic nitrogens is 6. The molecule has 7 nitrogen and oxygen atoms in total. The van der Waals surface area contributed by atoms with Crippen LogP contribution < -0.4 is 0 Å². The maximum atomic E-state index is 6.55. The van der Waals surface area contributed by atoms with E-state index in [1.54, 1.807) is 0 Å². The zero-order chi connectivity index (χ0) is 36.6. The van der Waals surface area contributed by atoms with Crippen molar-refractivity contribution in [3.63, 3.8) is 0 Å². The van der Waals surface area contributed by atoms with Gasteiger partial charge < -0.3 is 4.42 Å². The molecule has 0 atom stereocenters. The average molecular weight is 707 g/mol. The van der Waals surface area contributed by atoms with E-state index >= 15 is 0 Å². The second kappa shape index (κ2) is 13.7. The maximum absolute atomic E-state index is 6.55. The van der Waals surface area contributed by atoms with Crippen molar-refractivity contribution in [2.45, 2.75) is 0 Å². The SMILES string of the molecule is c1ccc(-c2nc(-c3ccccc3)nc(-c3cc(-c4nc(-c5ccccc5)nc(-c5ccccc5)n4)cc(-c4cccc5c4oc4ccccc45)c3)n2)cc1. The highest BCUT2D eigenvalue weighted by molar-refractivity contribution is 6.09. The molecule has 3 aromatic heterocycles. The number of hydrogen-bond acceptors (Lipinski definition) is 7. The van der Waals surface area contributed by atoms with Crippen molar-refractivity contribution in [2.24, 2.45) is 0 Å². The fourth-order valence-electron chi connectivity index (χ4n) is 6.89. The summed E-state index contributed by atoms with van der Waals surface area (Å²) < 4.78 is 6.55. The molecule has 10 rings (SSSR count). The Morgan fingerprint density at radius 1 is 0.273 bits per heavy atom. The highest BCUT2D eigenvalue weighted by atomic mass is 16.3. The summed E-state index contributed by atoms with van der Waals surface area (Å²) in [4.78, 5) is 30.3. The zero-order valence-electron chi connectivity index (χ0n) is 29.4. The van der Waals surface area contributed by atoms with Crippen LogP contribution in [0.5, 0.6) is 0 Å². The van der Waals surface area contributed by atoms with Crippen LogP contribution in [0.25, 0.3) is 101 Å². The number of para-hydroxylation sites is 2. The van der Waals surface area contributed by atoms with Crippen molar-refractivity contribution in [1.29, 1.82) is 0 Å². The summed E-state index contributed by atoms with van der Waals surface area (Å²) >= 11 is 0. The van der Waals surface area contributed by atoms with Crippen LogP contribution in [0.2, 0.25) is 0 Å². The van der Waals surface area contributed by atoms with E-state index in [9.17, 15) is 0 Å². The van der Waals surface area contributed by atoms with E-state index in [1.165, 1.54) is 0 Å². The third kappa shape index (κ3) is 6.19. The quantitative estimate of drug-likeness (QED) is 0.163. The predicted octanol–water partition coefficient (Wildman–Crippen LogP) is 11.6. The number of benzene rings is 7. The van der Waals surface area contributed by atoms with E-state index in [4.69, 9.17) is 34.3 Å². The van der Waals surface area contributed by atoms with Crippen molar-refractivity contribution >= 4 is 21.9 Å². The minimum Gasteiger partial charge on any atom is -0.455 e. The Balaban J connectivity index is 1.25. The molecule has 0 spiro atoms. The fraction of sp³-hybridized carbons (Fsp3) is 0. The summed E-state index contributed by atoms with van der Waals surface area (Å²) in [5.74, 6) is 3.35. The molecule has 10 aromatic rings. The first-order chi connectivity index (χ1) is 27.2. The average Bonchev–Trinajstić information content (AvgIpc) is 3.66. The third-order valence-electron chi connectivity index (χ3n) is 9.56. The third-order valence-corrected chi connectivity index (χ3v) is 9.56. The fourth-order valence-corrected chi connectivity index (χ4v) is 6.89. The molecular weight excluding hydrogens is 677 g/mol. The number of nitrogens with zero attached hydrogens (tertiary/aromatic N) is 6.